The number of carbonyl (C=O) groups is 2. The van der Waals surface area contributed by atoms with Crippen LogP contribution in [-0.2, 0) is 9.59 Å². The summed E-state index contributed by atoms with van der Waals surface area (Å²) in [4.78, 5) is 25.5. The third-order valence-electron chi connectivity index (χ3n) is 4.70. The summed E-state index contributed by atoms with van der Waals surface area (Å²) in [6, 6.07) is 18.9. The Balaban J connectivity index is 1.57. The quantitative estimate of drug-likeness (QED) is 0.615. The standard InChI is InChI=1S/C22H22FN3O2/c1-15(26(2)14-21(27)24-19-9-5-8-18(23)13-19)22(28)25-20-11-10-16-6-3-4-7-17(16)12-20/h3-13,15H,14H2,1-2H3,(H,24,27)(H,25,28)/p+1/t15-/m0/s1. The van der Waals surface area contributed by atoms with E-state index in [1.165, 1.54) is 18.2 Å². The summed E-state index contributed by atoms with van der Waals surface area (Å²) in [6.07, 6.45) is 0. The molecule has 28 heavy (non-hydrogen) atoms. The third-order valence-corrected chi connectivity index (χ3v) is 4.70. The van der Waals surface area contributed by atoms with Crippen molar-refractivity contribution in [3.8, 4) is 0 Å². The first-order valence-corrected chi connectivity index (χ1v) is 9.10. The monoisotopic (exact) mass is 380 g/mol. The molecular weight excluding hydrogens is 357 g/mol. The van der Waals surface area contributed by atoms with Crippen LogP contribution in [-0.4, -0.2) is 31.4 Å². The zero-order valence-corrected chi connectivity index (χ0v) is 15.8. The summed E-state index contributed by atoms with van der Waals surface area (Å²) in [6.45, 7) is 1.85. The summed E-state index contributed by atoms with van der Waals surface area (Å²) >= 11 is 0. The molecule has 0 fully saturated rings. The van der Waals surface area contributed by atoms with Gasteiger partial charge in [-0.05, 0) is 48.0 Å². The predicted molar refractivity (Wildman–Crippen MR) is 109 cm³/mol. The van der Waals surface area contributed by atoms with Crippen molar-refractivity contribution in [3.63, 3.8) is 0 Å². The minimum atomic E-state index is -0.440. The Morgan fingerprint density at radius 1 is 0.929 bits per heavy atom. The Hall–Kier alpha value is -3.25. The average Bonchev–Trinajstić information content (AvgIpc) is 2.67. The normalized spacial score (nSPS) is 13.0. The Bertz CT molecular complexity index is 1010. The van der Waals surface area contributed by atoms with Gasteiger partial charge in [-0.2, -0.15) is 0 Å². The summed E-state index contributed by atoms with van der Waals surface area (Å²) in [7, 11) is 1.77. The second-order valence-electron chi connectivity index (χ2n) is 6.85. The number of halogens is 1. The number of hydrogen-bond donors (Lipinski definition) is 3. The molecule has 3 N–H and O–H groups in total. The number of anilines is 2. The molecule has 0 spiro atoms. The van der Waals surface area contributed by atoms with Crippen LogP contribution in [0.1, 0.15) is 6.92 Å². The summed E-state index contributed by atoms with van der Waals surface area (Å²) in [5.74, 6) is -0.874. The molecule has 6 heteroatoms. The van der Waals surface area contributed by atoms with Crippen LogP contribution in [0, 0.1) is 5.82 Å². The molecule has 0 aliphatic heterocycles. The Morgan fingerprint density at radius 2 is 1.64 bits per heavy atom. The van der Waals surface area contributed by atoms with Gasteiger partial charge in [-0.3, -0.25) is 9.59 Å². The number of amides is 2. The van der Waals surface area contributed by atoms with Gasteiger partial charge in [-0.25, -0.2) is 4.39 Å². The van der Waals surface area contributed by atoms with Crippen molar-refractivity contribution in [2.75, 3.05) is 24.2 Å². The van der Waals surface area contributed by atoms with Gasteiger partial charge in [0.2, 0.25) is 0 Å². The summed E-state index contributed by atoms with van der Waals surface area (Å²) < 4.78 is 13.2. The molecule has 2 amide bonds. The summed E-state index contributed by atoms with van der Waals surface area (Å²) in [5.41, 5.74) is 1.11. The molecule has 0 radical (unpaired) electrons. The maximum absolute atomic E-state index is 13.2. The van der Waals surface area contributed by atoms with Crippen LogP contribution in [0.4, 0.5) is 15.8 Å². The lowest BCUT2D eigenvalue weighted by Gasteiger charge is -2.20. The second-order valence-corrected chi connectivity index (χ2v) is 6.85. The van der Waals surface area contributed by atoms with Gasteiger partial charge in [0.15, 0.2) is 12.6 Å². The molecule has 0 saturated heterocycles. The van der Waals surface area contributed by atoms with Gasteiger partial charge in [-0.15, -0.1) is 0 Å². The van der Waals surface area contributed by atoms with E-state index in [1.54, 1.807) is 20.0 Å². The van der Waals surface area contributed by atoms with E-state index in [1.807, 2.05) is 42.5 Å². The predicted octanol–water partition coefficient (Wildman–Crippen LogP) is 2.46. The van der Waals surface area contributed by atoms with Crippen LogP contribution in [0.25, 0.3) is 10.8 Å². The Kier molecular flexibility index (Phi) is 6.01. The lowest BCUT2D eigenvalue weighted by molar-refractivity contribution is -0.885. The highest BCUT2D eigenvalue weighted by molar-refractivity contribution is 5.96. The maximum Gasteiger partial charge on any atom is 0.282 e. The van der Waals surface area contributed by atoms with Crippen LogP contribution < -0.4 is 15.5 Å². The van der Waals surface area contributed by atoms with Crippen LogP contribution >= 0.6 is 0 Å². The molecule has 1 unspecified atom stereocenters. The molecule has 0 saturated carbocycles. The molecule has 3 aromatic rings. The van der Waals surface area contributed by atoms with Gasteiger partial charge in [0.25, 0.3) is 11.8 Å². The number of likely N-dealkylation sites (N-methyl/N-ethyl adjacent to an activating group) is 1. The van der Waals surface area contributed by atoms with Gasteiger partial charge < -0.3 is 15.5 Å². The largest absolute Gasteiger partial charge is 0.321 e. The molecule has 144 valence electrons. The van der Waals surface area contributed by atoms with Crippen LogP contribution in [0.15, 0.2) is 66.7 Å². The van der Waals surface area contributed by atoms with Gasteiger partial charge in [0.05, 0.1) is 7.05 Å². The molecule has 3 rings (SSSR count). The lowest BCUT2D eigenvalue weighted by atomic mass is 10.1. The van der Waals surface area contributed by atoms with Crippen LogP contribution in [0.3, 0.4) is 0 Å². The minimum Gasteiger partial charge on any atom is -0.321 e. The van der Waals surface area contributed by atoms with E-state index in [0.717, 1.165) is 15.7 Å². The molecule has 0 heterocycles. The first-order valence-electron chi connectivity index (χ1n) is 9.10. The molecule has 0 aliphatic carbocycles. The molecule has 0 aromatic heterocycles. The van der Waals surface area contributed by atoms with Crippen molar-refractivity contribution in [1.82, 2.24) is 0 Å². The van der Waals surface area contributed by atoms with Crippen molar-refractivity contribution in [2.24, 2.45) is 0 Å². The Morgan fingerprint density at radius 3 is 2.39 bits per heavy atom. The zero-order valence-electron chi connectivity index (χ0n) is 15.8. The van der Waals surface area contributed by atoms with Crippen molar-refractivity contribution in [1.29, 1.82) is 0 Å². The summed E-state index contributed by atoms with van der Waals surface area (Å²) in [5, 5.41) is 7.70. The van der Waals surface area contributed by atoms with Crippen molar-refractivity contribution in [3.05, 3.63) is 72.5 Å². The van der Waals surface area contributed by atoms with E-state index >= 15 is 0 Å². The fraction of sp³-hybridized carbons (Fsp3) is 0.182. The highest BCUT2D eigenvalue weighted by atomic mass is 19.1. The molecule has 0 bridgehead atoms. The van der Waals surface area contributed by atoms with Crippen LogP contribution in [0.2, 0.25) is 0 Å². The van der Waals surface area contributed by atoms with Gasteiger partial charge in [0, 0.05) is 11.4 Å². The lowest BCUT2D eigenvalue weighted by Crippen LogP contribution is -3.14. The number of fused-ring (bicyclic) bond motifs is 1. The van der Waals surface area contributed by atoms with E-state index in [4.69, 9.17) is 0 Å². The third kappa shape index (κ3) is 4.92. The van der Waals surface area contributed by atoms with Gasteiger partial charge in [-0.1, -0.05) is 36.4 Å². The maximum atomic E-state index is 13.2. The van der Waals surface area contributed by atoms with E-state index in [-0.39, 0.29) is 18.4 Å². The number of quaternary nitrogens is 1. The van der Waals surface area contributed by atoms with E-state index in [0.29, 0.717) is 11.4 Å². The number of nitrogens with one attached hydrogen (secondary N) is 3. The first kappa shape index (κ1) is 19.5. The first-order chi connectivity index (χ1) is 13.4. The Labute approximate surface area is 163 Å². The van der Waals surface area contributed by atoms with Crippen molar-refractivity contribution < 1.29 is 18.9 Å². The number of carbonyl (C=O) groups excluding carboxylic acids is 2. The minimum absolute atomic E-state index is 0.0861. The number of rotatable bonds is 6. The fourth-order valence-electron chi connectivity index (χ4n) is 2.92. The van der Waals surface area contributed by atoms with E-state index in [2.05, 4.69) is 10.6 Å². The van der Waals surface area contributed by atoms with E-state index in [9.17, 15) is 14.0 Å². The number of benzene rings is 3. The fourth-order valence-corrected chi connectivity index (χ4v) is 2.92. The second kappa shape index (κ2) is 8.63. The molecule has 0 aliphatic rings. The molecule has 5 nitrogen and oxygen atoms in total. The van der Waals surface area contributed by atoms with E-state index < -0.39 is 11.9 Å². The smallest absolute Gasteiger partial charge is 0.282 e. The van der Waals surface area contributed by atoms with Crippen molar-refractivity contribution in [2.45, 2.75) is 13.0 Å². The molecule has 3 aromatic carbocycles. The van der Waals surface area contributed by atoms with Gasteiger partial charge >= 0.3 is 0 Å². The average molecular weight is 380 g/mol. The SMILES string of the molecule is C[C@@H](C(=O)Nc1ccc2ccccc2c1)[NH+](C)CC(=O)Nc1cccc(F)c1. The highest BCUT2D eigenvalue weighted by Gasteiger charge is 2.24. The highest BCUT2D eigenvalue weighted by Crippen LogP contribution is 2.18. The van der Waals surface area contributed by atoms with Crippen molar-refractivity contribution >= 4 is 34.0 Å². The zero-order chi connectivity index (χ0) is 20.1. The van der Waals surface area contributed by atoms with Crippen LogP contribution in [0.5, 0.6) is 0 Å². The topological polar surface area (TPSA) is 62.6 Å². The number of hydrogen-bond acceptors (Lipinski definition) is 2. The molecular formula is C22H23FN3O2+. The van der Waals surface area contributed by atoms with Gasteiger partial charge in [0.1, 0.15) is 5.82 Å². The molecule has 2 atom stereocenters.